The van der Waals surface area contributed by atoms with Gasteiger partial charge in [0.1, 0.15) is 0 Å². The van der Waals surface area contributed by atoms with Gasteiger partial charge < -0.3 is 10.6 Å². The van der Waals surface area contributed by atoms with Crippen molar-refractivity contribution in [2.45, 2.75) is 38.8 Å². The summed E-state index contributed by atoms with van der Waals surface area (Å²) < 4.78 is 46.0. The third-order valence-electron chi connectivity index (χ3n) is 8.33. The lowest BCUT2D eigenvalue weighted by atomic mass is 9.99. The van der Waals surface area contributed by atoms with Gasteiger partial charge in [0.15, 0.2) is 17.5 Å². The molecule has 244 valence electrons. The molecule has 2 bridgehead atoms. The summed E-state index contributed by atoms with van der Waals surface area (Å²) in [6.07, 6.45) is 6.69. The number of rotatable bonds is 2. The highest BCUT2D eigenvalue weighted by Crippen LogP contribution is 2.35. The van der Waals surface area contributed by atoms with E-state index in [1.54, 1.807) is 36.3 Å². The minimum Gasteiger partial charge on any atom is -0.352 e. The molecule has 0 radical (unpaired) electrons. The minimum atomic E-state index is -1.66. The number of nitrogens with zero attached hydrogens (tertiary/aromatic N) is 6. The van der Waals surface area contributed by atoms with E-state index in [0.29, 0.717) is 46.5 Å². The molecule has 0 fully saturated rings. The molecular weight excluding hydrogens is 649 g/mol. The smallest absolute Gasteiger partial charge is 0.352 e. The van der Waals surface area contributed by atoms with Gasteiger partial charge in [-0.3, -0.25) is 19.0 Å². The Morgan fingerprint density at radius 2 is 1.77 bits per heavy atom. The van der Waals surface area contributed by atoms with Crippen molar-refractivity contribution in [3.05, 3.63) is 115 Å². The van der Waals surface area contributed by atoms with Crippen LogP contribution >= 0.6 is 11.6 Å². The number of amides is 1. The van der Waals surface area contributed by atoms with Crippen molar-refractivity contribution in [3.8, 4) is 5.69 Å². The number of fused-ring (bicyclic) bond motifs is 9. The van der Waals surface area contributed by atoms with Crippen molar-refractivity contribution >= 4 is 50.8 Å². The van der Waals surface area contributed by atoms with Crippen LogP contribution in [0.1, 0.15) is 36.0 Å². The fourth-order valence-corrected chi connectivity index (χ4v) is 6.38. The summed E-state index contributed by atoms with van der Waals surface area (Å²) in [4.78, 5) is 49.7. The maximum absolute atomic E-state index is 14.4. The Morgan fingerprint density at radius 1 is 1.00 bits per heavy atom. The van der Waals surface area contributed by atoms with E-state index in [9.17, 15) is 27.6 Å². The molecule has 48 heavy (non-hydrogen) atoms. The Balaban J connectivity index is 1.52. The summed E-state index contributed by atoms with van der Waals surface area (Å²) in [5.41, 5.74) is 0.211. The molecule has 2 aliphatic heterocycles. The summed E-state index contributed by atoms with van der Waals surface area (Å²) in [5.74, 6) is -5.08. The lowest BCUT2D eigenvalue weighted by Gasteiger charge is -2.19. The van der Waals surface area contributed by atoms with E-state index in [2.05, 4.69) is 25.7 Å². The van der Waals surface area contributed by atoms with Crippen LogP contribution < -0.4 is 22.0 Å². The van der Waals surface area contributed by atoms with Crippen LogP contribution in [0.25, 0.3) is 27.4 Å². The fraction of sp³-hybridized carbons (Fsp3) is 0.212. The first-order valence-corrected chi connectivity index (χ1v) is 15.4. The van der Waals surface area contributed by atoms with Crippen molar-refractivity contribution in [3.63, 3.8) is 0 Å². The highest BCUT2D eigenvalue weighted by Gasteiger charge is 2.23. The number of halogens is 4. The largest absolute Gasteiger partial charge is 0.359 e. The predicted molar refractivity (Wildman–Crippen MR) is 173 cm³/mol. The number of carbonyl (C=O) groups excluding carboxylic acids is 1. The summed E-state index contributed by atoms with van der Waals surface area (Å²) >= 11 is 6.74. The molecule has 0 unspecified atom stereocenters. The molecule has 6 aromatic rings. The number of hydrogen-bond donors (Lipinski definition) is 2. The fourth-order valence-electron chi connectivity index (χ4n) is 6.11. The van der Waals surface area contributed by atoms with Crippen molar-refractivity contribution in [2.24, 2.45) is 7.05 Å². The van der Waals surface area contributed by atoms with Crippen LogP contribution in [-0.2, 0) is 31.4 Å². The van der Waals surface area contributed by atoms with E-state index < -0.39 is 35.4 Å². The maximum Gasteiger partial charge on any atom is 0.359 e. The Labute approximate surface area is 274 Å². The average molecular weight is 675 g/mol. The minimum absolute atomic E-state index is 0.00994. The molecule has 0 atom stereocenters. The standard InChI is InChI=1S/C33H26ClF3N8O3/c1-43-16-21-20-13-39-27(46)8-3-2-5-18-6-4-7-19-12-38-14-26(28(18)19)45-32(47)41-31(40-30(20)22(34)11-25(21)42-43)44(33(45)48)15-17-9-23(35)29(37)24(36)10-17/h4,6-7,9-12,14,16H,2-3,5,8,13,15H2,1H3,(H,39,46)(H,40,41,47). The van der Waals surface area contributed by atoms with Crippen molar-refractivity contribution in [1.29, 1.82) is 0 Å². The van der Waals surface area contributed by atoms with E-state index >= 15 is 0 Å². The number of nitrogens with one attached hydrogen (secondary N) is 2. The highest BCUT2D eigenvalue weighted by atomic mass is 35.5. The van der Waals surface area contributed by atoms with Crippen molar-refractivity contribution in [2.75, 3.05) is 5.32 Å². The quantitative estimate of drug-likeness (QED) is 0.247. The Hall–Kier alpha value is -5.50. The lowest BCUT2D eigenvalue weighted by molar-refractivity contribution is -0.121. The second-order valence-corrected chi connectivity index (χ2v) is 11.9. The van der Waals surface area contributed by atoms with Gasteiger partial charge in [-0.1, -0.05) is 29.8 Å². The number of hydrogen-bond acceptors (Lipinski definition) is 7. The lowest BCUT2D eigenvalue weighted by Crippen LogP contribution is -2.42. The Morgan fingerprint density at radius 3 is 2.56 bits per heavy atom. The highest BCUT2D eigenvalue weighted by molar-refractivity contribution is 6.34. The van der Waals surface area contributed by atoms with E-state index in [0.717, 1.165) is 26.8 Å². The SMILES string of the molecule is Cn1cc2c3c(c(Cl)cc2n1)Nc1nc(=O)n(c(=O)n1Cc1cc(F)c(F)c(F)c1)-c1cncc2cccc(c12)CCCCC(=O)NC3. The predicted octanol–water partition coefficient (Wildman–Crippen LogP) is 5.03. The molecule has 1 amide bonds. The third kappa shape index (κ3) is 5.57. The molecule has 11 nitrogen and oxygen atoms in total. The van der Waals surface area contributed by atoms with Crippen molar-refractivity contribution < 1.29 is 18.0 Å². The van der Waals surface area contributed by atoms with Crippen LogP contribution in [0.3, 0.4) is 0 Å². The molecule has 5 heterocycles. The molecule has 0 aliphatic carbocycles. The number of aryl methyl sites for hydroxylation is 2. The van der Waals surface area contributed by atoms with Crippen LogP contribution in [-0.4, -0.2) is 34.8 Å². The molecule has 3 aromatic carbocycles. The second kappa shape index (κ2) is 12.3. The zero-order valence-electron chi connectivity index (χ0n) is 25.4. The van der Waals surface area contributed by atoms with E-state index in [4.69, 9.17) is 11.6 Å². The van der Waals surface area contributed by atoms with E-state index in [-0.39, 0.29) is 46.8 Å². The zero-order valence-corrected chi connectivity index (χ0v) is 26.1. The molecule has 3 aromatic heterocycles. The summed E-state index contributed by atoms with van der Waals surface area (Å²) in [6.45, 7) is -0.511. The normalized spacial score (nSPS) is 13.7. The van der Waals surface area contributed by atoms with Crippen LogP contribution in [0.4, 0.5) is 24.8 Å². The van der Waals surface area contributed by atoms with Gasteiger partial charge in [0.25, 0.3) is 0 Å². The zero-order chi connectivity index (χ0) is 33.7. The third-order valence-corrected chi connectivity index (χ3v) is 8.63. The maximum atomic E-state index is 14.4. The Kier molecular flexibility index (Phi) is 7.95. The van der Waals surface area contributed by atoms with Gasteiger partial charge >= 0.3 is 11.4 Å². The molecule has 0 saturated carbocycles. The molecule has 0 saturated heterocycles. The number of pyridine rings is 1. The monoisotopic (exact) mass is 674 g/mol. The van der Waals surface area contributed by atoms with Gasteiger partial charge in [-0.05, 0) is 48.6 Å². The van der Waals surface area contributed by atoms with Crippen LogP contribution in [0.2, 0.25) is 5.02 Å². The van der Waals surface area contributed by atoms with Crippen molar-refractivity contribution in [1.82, 2.24) is 34.2 Å². The summed E-state index contributed by atoms with van der Waals surface area (Å²) in [7, 11) is 1.72. The van der Waals surface area contributed by atoms with Gasteiger partial charge in [0, 0.05) is 54.1 Å². The van der Waals surface area contributed by atoms with Gasteiger partial charge in [-0.25, -0.2) is 27.3 Å². The number of carbonyl (C=O) groups is 1. The first kappa shape index (κ1) is 31.1. The van der Waals surface area contributed by atoms with E-state index in [1.807, 2.05) is 12.1 Å². The summed E-state index contributed by atoms with van der Waals surface area (Å²) in [6, 6.07) is 8.59. The average Bonchev–Trinajstić information content (AvgIpc) is 3.42. The second-order valence-electron chi connectivity index (χ2n) is 11.5. The topological polar surface area (TPSA) is 129 Å². The molecule has 0 spiro atoms. The Bertz CT molecular complexity index is 2380. The van der Waals surface area contributed by atoms with Gasteiger partial charge in [0.2, 0.25) is 11.9 Å². The number of benzene rings is 3. The summed E-state index contributed by atoms with van der Waals surface area (Å²) in [5, 5.41) is 12.3. The number of anilines is 2. The molecule has 2 aliphatic rings. The van der Waals surface area contributed by atoms with Crippen LogP contribution in [0.15, 0.2) is 64.6 Å². The van der Waals surface area contributed by atoms with E-state index in [1.165, 1.54) is 6.20 Å². The number of aromatic nitrogens is 6. The first-order chi connectivity index (χ1) is 23.1. The molecule has 15 heteroatoms. The molecule has 2 N–H and O–H groups in total. The molecular formula is C33H26ClF3N8O3. The van der Waals surface area contributed by atoms with Gasteiger partial charge in [-0.15, -0.1) is 0 Å². The first-order valence-electron chi connectivity index (χ1n) is 15.0. The molecule has 8 rings (SSSR count). The van der Waals surface area contributed by atoms with Crippen LogP contribution in [0.5, 0.6) is 0 Å². The van der Waals surface area contributed by atoms with Gasteiger partial charge in [-0.2, -0.15) is 10.1 Å². The van der Waals surface area contributed by atoms with Crippen LogP contribution in [0, 0.1) is 17.5 Å². The van der Waals surface area contributed by atoms with Gasteiger partial charge in [0.05, 0.1) is 34.7 Å².